The van der Waals surface area contributed by atoms with E-state index >= 15 is 0 Å². The van der Waals surface area contributed by atoms with E-state index in [9.17, 15) is 9.18 Å². The van der Waals surface area contributed by atoms with E-state index in [1.54, 1.807) is 0 Å². The molecular formula is C10H19FO2. The molecule has 3 heteroatoms. The van der Waals surface area contributed by atoms with Crippen LogP contribution in [0.2, 0.25) is 0 Å². The van der Waals surface area contributed by atoms with Gasteiger partial charge in [0, 0.05) is 0 Å². The zero-order chi connectivity index (χ0) is 10.9. The van der Waals surface area contributed by atoms with Crippen LogP contribution in [0.4, 0.5) is 4.39 Å². The van der Waals surface area contributed by atoms with Crippen LogP contribution in [-0.2, 0) is 4.79 Å². The van der Waals surface area contributed by atoms with Crippen molar-refractivity contribution >= 4 is 5.97 Å². The highest BCUT2D eigenvalue weighted by Crippen LogP contribution is 2.39. The highest BCUT2D eigenvalue weighted by Gasteiger charge is 2.47. The lowest BCUT2D eigenvalue weighted by atomic mass is 9.73. The van der Waals surface area contributed by atoms with Gasteiger partial charge in [0.25, 0.3) is 0 Å². The first kappa shape index (κ1) is 12.4. The van der Waals surface area contributed by atoms with Gasteiger partial charge >= 0.3 is 5.97 Å². The third-order valence-electron chi connectivity index (χ3n) is 2.63. The van der Waals surface area contributed by atoms with Crippen LogP contribution in [0.3, 0.4) is 0 Å². The number of carboxylic acids is 1. The van der Waals surface area contributed by atoms with Gasteiger partial charge in [-0.25, -0.2) is 4.39 Å². The van der Waals surface area contributed by atoms with Gasteiger partial charge in [-0.15, -0.1) is 0 Å². The zero-order valence-electron chi connectivity index (χ0n) is 9.02. The molecule has 1 N–H and O–H groups in total. The number of hydrogen-bond donors (Lipinski definition) is 1. The molecule has 0 aliphatic carbocycles. The van der Waals surface area contributed by atoms with E-state index in [1.165, 1.54) is 20.8 Å². The molecule has 0 aromatic heterocycles. The van der Waals surface area contributed by atoms with Gasteiger partial charge in [-0.2, -0.15) is 0 Å². The maximum absolute atomic E-state index is 14.0. The summed E-state index contributed by atoms with van der Waals surface area (Å²) in [4.78, 5) is 10.8. The Hall–Kier alpha value is -0.600. The van der Waals surface area contributed by atoms with Gasteiger partial charge < -0.3 is 5.11 Å². The number of halogens is 1. The van der Waals surface area contributed by atoms with Crippen molar-refractivity contribution in [3.05, 3.63) is 0 Å². The molecule has 0 saturated carbocycles. The molecule has 1 atom stereocenters. The average molecular weight is 190 g/mol. The molecule has 13 heavy (non-hydrogen) atoms. The minimum atomic E-state index is -1.66. The number of carbonyl (C=O) groups is 1. The van der Waals surface area contributed by atoms with Gasteiger partial charge in [-0.1, -0.05) is 13.8 Å². The van der Waals surface area contributed by atoms with Crippen LogP contribution >= 0.6 is 0 Å². The molecular weight excluding hydrogens is 171 g/mol. The summed E-state index contributed by atoms with van der Waals surface area (Å²) in [6.45, 7) is 7.99. The Kier molecular flexibility index (Phi) is 3.47. The van der Waals surface area contributed by atoms with E-state index in [1.807, 2.05) is 13.8 Å². The molecule has 2 nitrogen and oxygen atoms in total. The molecule has 0 aliphatic rings. The van der Waals surface area contributed by atoms with Gasteiger partial charge in [0.05, 0.1) is 5.41 Å². The quantitative estimate of drug-likeness (QED) is 0.740. The van der Waals surface area contributed by atoms with Gasteiger partial charge in [-0.05, 0) is 33.1 Å². The molecule has 1 unspecified atom stereocenters. The normalized spacial score (nSPS) is 17.2. The maximum Gasteiger partial charge on any atom is 0.312 e. The van der Waals surface area contributed by atoms with Crippen LogP contribution in [0, 0.1) is 11.3 Å². The van der Waals surface area contributed by atoms with Crippen LogP contribution in [0.1, 0.15) is 41.0 Å². The van der Waals surface area contributed by atoms with E-state index in [0.717, 1.165) is 0 Å². The summed E-state index contributed by atoms with van der Waals surface area (Å²) in [5.74, 6) is -0.924. The molecule has 0 rings (SSSR count). The fourth-order valence-electron chi connectivity index (χ4n) is 1.24. The highest BCUT2D eigenvalue weighted by molar-refractivity contribution is 5.75. The summed E-state index contributed by atoms with van der Waals surface area (Å²) in [5, 5.41) is 8.85. The fraction of sp³-hybridized carbons (Fsp3) is 0.900. The summed E-state index contributed by atoms with van der Waals surface area (Å²) in [7, 11) is 0. The number of carboxylic acid groups (broad SMARTS) is 1. The molecule has 0 bridgehead atoms. The summed E-state index contributed by atoms with van der Waals surface area (Å²) in [6, 6.07) is 0. The van der Waals surface area contributed by atoms with Crippen molar-refractivity contribution in [2.45, 2.75) is 46.7 Å². The first-order valence-electron chi connectivity index (χ1n) is 4.53. The lowest BCUT2D eigenvalue weighted by molar-refractivity contribution is -0.156. The van der Waals surface area contributed by atoms with Crippen molar-refractivity contribution in [3.8, 4) is 0 Å². The maximum atomic E-state index is 14.0. The second kappa shape index (κ2) is 3.64. The first-order valence-corrected chi connectivity index (χ1v) is 4.53. The van der Waals surface area contributed by atoms with E-state index in [4.69, 9.17) is 5.11 Å². The summed E-state index contributed by atoms with van der Waals surface area (Å²) >= 11 is 0. The average Bonchev–Trinajstić information content (AvgIpc) is 1.83. The molecule has 0 radical (unpaired) electrons. The minimum Gasteiger partial charge on any atom is -0.481 e. The smallest absolute Gasteiger partial charge is 0.312 e. The second-order valence-electron chi connectivity index (χ2n) is 4.73. The van der Waals surface area contributed by atoms with Crippen LogP contribution < -0.4 is 0 Å². The molecule has 0 saturated heterocycles. The van der Waals surface area contributed by atoms with Gasteiger partial charge in [-0.3, -0.25) is 4.79 Å². The summed E-state index contributed by atoms with van der Waals surface area (Å²) in [6.07, 6.45) is 0.270. The molecule has 0 amide bonds. The standard InChI is InChI=1S/C10H19FO2/c1-7(2)6-10(5,11)9(3,4)8(12)13/h7H,6H2,1-5H3,(H,12,13). The lowest BCUT2D eigenvalue weighted by Gasteiger charge is -2.35. The highest BCUT2D eigenvalue weighted by atomic mass is 19.1. The van der Waals surface area contributed by atoms with Crippen molar-refractivity contribution in [2.75, 3.05) is 0 Å². The molecule has 0 spiro atoms. The topological polar surface area (TPSA) is 37.3 Å². The van der Waals surface area contributed by atoms with Crippen LogP contribution in [0.5, 0.6) is 0 Å². The first-order chi connectivity index (χ1) is 5.61. The van der Waals surface area contributed by atoms with E-state index in [2.05, 4.69) is 0 Å². The van der Waals surface area contributed by atoms with Crippen molar-refractivity contribution in [2.24, 2.45) is 11.3 Å². The van der Waals surface area contributed by atoms with E-state index < -0.39 is 17.1 Å². The van der Waals surface area contributed by atoms with Crippen molar-refractivity contribution in [1.82, 2.24) is 0 Å². The Morgan fingerprint density at radius 3 is 2.00 bits per heavy atom. The molecule has 0 heterocycles. The Balaban J connectivity index is 4.70. The SMILES string of the molecule is CC(C)CC(C)(F)C(C)(C)C(=O)O. The molecule has 0 aromatic carbocycles. The van der Waals surface area contributed by atoms with E-state index in [-0.39, 0.29) is 12.3 Å². The van der Waals surface area contributed by atoms with Crippen molar-refractivity contribution < 1.29 is 14.3 Å². The summed E-state index contributed by atoms with van der Waals surface area (Å²) < 4.78 is 14.0. The van der Waals surface area contributed by atoms with Crippen LogP contribution in [0.15, 0.2) is 0 Å². The van der Waals surface area contributed by atoms with Gasteiger partial charge in [0.1, 0.15) is 5.67 Å². The Morgan fingerprint density at radius 1 is 1.38 bits per heavy atom. The zero-order valence-corrected chi connectivity index (χ0v) is 9.02. The number of hydrogen-bond acceptors (Lipinski definition) is 1. The monoisotopic (exact) mass is 190 g/mol. The largest absolute Gasteiger partial charge is 0.481 e. The molecule has 0 aromatic rings. The number of rotatable bonds is 4. The molecule has 78 valence electrons. The predicted octanol–water partition coefficient (Wildman–Crippen LogP) is 2.87. The Bertz CT molecular complexity index is 195. The second-order valence-corrected chi connectivity index (χ2v) is 4.73. The molecule has 0 fully saturated rings. The van der Waals surface area contributed by atoms with Crippen LogP contribution in [0.25, 0.3) is 0 Å². The van der Waals surface area contributed by atoms with Crippen molar-refractivity contribution in [3.63, 3.8) is 0 Å². The lowest BCUT2D eigenvalue weighted by Crippen LogP contribution is -2.44. The molecule has 0 aliphatic heterocycles. The van der Waals surface area contributed by atoms with Gasteiger partial charge in [0.2, 0.25) is 0 Å². The fourth-order valence-corrected chi connectivity index (χ4v) is 1.24. The Morgan fingerprint density at radius 2 is 1.77 bits per heavy atom. The Labute approximate surface area is 79.1 Å². The number of aliphatic carboxylic acids is 1. The number of alkyl halides is 1. The third-order valence-corrected chi connectivity index (χ3v) is 2.63. The van der Waals surface area contributed by atoms with E-state index in [0.29, 0.717) is 0 Å². The van der Waals surface area contributed by atoms with Crippen molar-refractivity contribution in [1.29, 1.82) is 0 Å². The van der Waals surface area contributed by atoms with Gasteiger partial charge in [0.15, 0.2) is 0 Å². The third kappa shape index (κ3) is 2.68. The predicted molar refractivity (Wildman–Crippen MR) is 50.4 cm³/mol. The minimum absolute atomic E-state index is 0.161. The summed E-state index contributed by atoms with van der Waals surface area (Å²) in [5.41, 5.74) is -2.98. The van der Waals surface area contributed by atoms with Crippen LogP contribution in [-0.4, -0.2) is 16.7 Å².